The molecule has 174 valence electrons. The predicted octanol–water partition coefficient (Wildman–Crippen LogP) is 5.96. The van der Waals surface area contributed by atoms with E-state index in [9.17, 15) is 4.39 Å². The maximum Gasteiger partial charge on any atom is 0.152 e. The van der Waals surface area contributed by atoms with Gasteiger partial charge in [0.15, 0.2) is 5.82 Å². The summed E-state index contributed by atoms with van der Waals surface area (Å²) in [4.78, 5) is 2.02. The Hall–Kier alpha value is -4.50. The molecule has 6 heteroatoms. The molecule has 4 rings (SSSR count). The number of allylic oxidation sites excluding steroid dienone is 1. The van der Waals surface area contributed by atoms with Crippen molar-refractivity contribution in [2.75, 3.05) is 0 Å². The fourth-order valence-electron chi connectivity index (χ4n) is 3.80. The van der Waals surface area contributed by atoms with Gasteiger partial charge in [0.25, 0.3) is 0 Å². The second-order valence-electron chi connectivity index (χ2n) is 8.32. The van der Waals surface area contributed by atoms with Gasteiger partial charge in [-0.1, -0.05) is 73.3 Å². The van der Waals surface area contributed by atoms with E-state index in [4.69, 9.17) is 5.26 Å². The molecule has 0 saturated heterocycles. The van der Waals surface area contributed by atoms with E-state index in [0.29, 0.717) is 30.8 Å². The van der Waals surface area contributed by atoms with E-state index in [1.165, 1.54) is 6.07 Å². The highest BCUT2D eigenvalue weighted by Gasteiger charge is 2.17. The third-order valence-corrected chi connectivity index (χ3v) is 5.80. The van der Waals surface area contributed by atoms with Gasteiger partial charge in [0, 0.05) is 17.8 Å². The van der Waals surface area contributed by atoms with Crippen LogP contribution < -0.4 is 0 Å². The van der Waals surface area contributed by atoms with E-state index < -0.39 is 0 Å². The molecule has 0 spiro atoms. The van der Waals surface area contributed by atoms with Crippen molar-refractivity contribution in [1.82, 2.24) is 19.7 Å². The molecule has 4 aromatic rings. The normalized spacial score (nSPS) is 11.2. The molecule has 0 amide bonds. The molecule has 0 N–H and O–H groups in total. The van der Waals surface area contributed by atoms with Crippen LogP contribution in [0.4, 0.5) is 4.39 Å². The number of nitrogens with zero attached hydrogens (tertiary/aromatic N) is 5. The van der Waals surface area contributed by atoms with Crippen molar-refractivity contribution < 1.29 is 4.39 Å². The summed E-state index contributed by atoms with van der Waals surface area (Å²) < 4.78 is 16.5. The highest BCUT2D eigenvalue weighted by atomic mass is 19.1. The van der Waals surface area contributed by atoms with E-state index in [1.54, 1.807) is 30.6 Å². The summed E-state index contributed by atoms with van der Waals surface area (Å²) in [7, 11) is 0. The lowest BCUT2D eigenvalue weighted by molar-refractivity contribution is 0.317. The summed E-state index contributed by atoms with van der Waals surface area (Å²) in [5.74, 6) is 0.480. The Morgan fingerprint density at radius 1 is 1.03 bits per heavy atom. The van der Waals surface area contributed by atoms with Gasteiger partial charge >= 0.3 is 0 Å². The zero-order chi connectivity index (χ0) is 24.6. The van der Waals surface area contributed by atoms with Gasteiger partial charge in [-0.25, -0.2) is 4.39 Å². The number of hydrogen-bond acceptors (Lipinski definition) is 4. The van der Waals surface area contributed by atoms with E-state index in [0.717, 1.165) is 28.2 Å². The minimum absolute atomic E-state index is 0.256. The van der Waals surface area contributed by atoms with Crippen LogP contribution in [0, 0.1) is 17.1 Å². The first kappa shape index (κ1) is 23.7. The van der Waals surface area contributed by atoms with E-state index in [2.05, 4.69) is 28.9 Å². The van der Waals surface area contributed by atoms with Crippen molar-refractivity contribution in [1.29, 1.82) is 5.26 Å². The molecule has 1 aromatic heterocycles. The molecule has 0 radical (unpaired) electrons. The molecule has 0 bridgehead atoms. The molecule has 1 heterocycles. The van der Waals surface area contributed by atoms with Crippen molar-refractivity contribution in [3.8, 4) is 6.07 Å². The molecule has 0 fully saturated rings. The van der Waals surface area contributed by atoms with Crippen molar-refractivity contribution in [2.24, 2.45) is 0 Å². The Morgan fingerprint density at radius 3 is 2.46 bits per heavy atom. The number of aromatic nitrogens is 3. The summed E-state index contributed by atoms with van der Waals surface area (Å²) in [5, 5.41) is 17.5. The summed E-state index contributed by atoms with van der Waals surface area (Å²) in [6.45, 7) is 7.65. The van der Waals surface area contributed by atoms with Crippen LogP contribution in [0.2, 0.25) is 0 Å². The molecular formula is C29H26FN5. The Kier molecular flexibility index (Phi) is 7.49. The number of benzene rings is 3. The maximum absolute atomic E-state index is 14.5. The van der Waals surface area contributed by atoms with Crippen LogP contribution in [0.1, 0.15) is 35.0 Å². The summed E-state index contributed by atoms with van der Waals surface area (Å²) >= 11 is 0. The fourth-order valence-corrected chi connectivity index (χ4v) is 3.80. The van der Waals surface area contributed by atoms with Crippen molar-refractivity contribution in [3.05, 3.63) is 137 Å². The van der Waals surface area contributed by atoms with E-state index in [1.807, 2.05) is 64.9 Å². The molecule has 5 nitrogen and oxygen atoms in total. The van der Waals surface area contributed by atoms with Gasteiger partial charge < -0.3 is 9.47 Å². The lowest BCUT2D eigenvalue weighted by Crippen LogP contribution is -2.25. The fraction of sp³-hybridized carbons (Fsp3) is 0.138. The predicted molar refractivity (Wildman–Crippen MR) is 135 cm³/mol. The van der Waals surface area contributed by atoms with Gasteiger partial charge in [-0.05, 0) is 41.8 Å². The smallest absolute Gasteiger partial charge is 0.152 e. The zero-order valence-electron chi connectivity index (χ0n) is 19.6. The van der Waals surface area contributed by atoms with Crippen LogP contribution in [-0.4, -0.2) is 19.7 Å². The van der Waals surface area contributed by atoms with Crippen molar-refractivity contribution in [2.45, 2.75) is 26.6 Å². The Morgan fingerprint density at radius 2 is 1.74 bits per heavy atom. The molecule has 0 unspecified atom stereocenters. The Balaban J connectivity index is 1.60. The largest absolute Gasteiger partial charge is 0.360 e. The second-order valence-corrected chi connectivity index (χ2v) is 8.32. The third-order valence-electron chi connectivity index (χ3n) is 5.80. The molecule has 0 aliphatic carbocycles. The Bertz CT molecular complexity index is 1360. The Labute approximate surface area is 205 Å². The second kappa shape index (κ2) is 11.1. The monoisotopic (exact) mass is 463 g/mol. The van der Waals surface area contributed by atoms with Crippen LogP contribution in [0.15, 0.2) is 103 Å². The highest BCUT2D eigenvalue weighted by molar-refractivity contribution is 5.56. The van der Waals surface area contributed by atoms with Crippen molar-refractivity contribution >= 4 is 6.08 Å². The van der Waals surface area contributed by atoms with Crippen LogP contribution in [0.5, 0.6) is 0 Å². The molecule has 35 heavy (non-hydrogen) atoms. The number of rotatable bonds is 9. The first-order chi connectivity index (χ1) is 17.0. The van der Waals surface area contributed by atoms with Gasteiger partial charge in [0.2, 0.25) is 0 Å². The average Bonchev–Trinajstić information content (AvgIpc) is 3.31. The van der Waals surface area contributed by atoms with Crippen molar-refractivity contribution in [3.63, 3.8) is 0 Å². The van der Waals surface area contributed by atoms with Crippen LogP contribution in [0.3, 0.4) is 0 Å². The maximum atomic E-state index is 14.5. The van der Waals surface area contributed by atoms with Gasteiger partial charge in [-0.3, -0.25) is 0 Å². The molecule has 0 atom stereocenters. The minimum Gasteiger partial charge on any atom is -0.360 e. The standard InChI is InChI=1S/C29H26FN5/c1-22(16-24-8-4-3-5-9-24)23(2)34(19-27-10-6-7-11-28(27)30)20-29-33-32-21-35(29)18-26-14-12-25(17-31)13-15-26/h3-16,21H,2,18-20H2,1H3/b22-16+. The van der Waals surface area contributed by atoms with Crippen LogP contribution >= 0.6 is 0 Å². The first-order valence-corrected chi connectivity index (χ1v) is 11.3. The minimum atomic E-state index is -0.256. The molecular weight excluding hydrogens is 437 g/mol. The molecule has 0 saturated carbocycles. The lowest BCUT2D eigenvalue weighted by atomic mass is 10.1. The average molecular weight is 464 g/mol. The summed E-state index contributed by atoms with van der Waals surface area (Å²) in [6, 6.07) is 26.4. The van der Waals surface area contributed by atoms with Gasteiger partial charge in [-0.2, -0.15) is 5.26 Å². The first-order valence-electron chi connectivity index (χ1n) is 11.3. The van der Waals surface area contributed by atoms with Gasteiger partial charge in [0.05, 0.1) is 24.7 Å². The third kappa shape index (κ3) is 6.10. The molecule has 0 aliphatic heterocycles. The van der Waals surface area contributed by atoms with Gasteiger partial charge in [0.1, 0.15) is 12.1 Å². The number of nitriles is 1. The van der Waals surface area contributed by atoms with E-state index in [-0.39, 0.29) is 5.82 Å². The summed E-state index contributed by atoms with van der Waals surface area (Å²) in [5.41, 5.74) is 5.06. The van der Waals surface area contributed by atoms with Gasteiger partial charge in [-0.15, -0.1) is 10.2 Å². The van der Waals surface area contributed by atoms with E-state index >= 15 is 0 Å². The highest BCUT2D eigenvalue weighted by Crippen LogP contribution is 2.23. The summed E-state index contributed by atoms with van der Waals surface area (Å²) in [6.07, 6.45) is 3.75. The SMILES string of the molecule is C=C(/C(C)=C/c1ccccc1)N(Cc1ccccc1F)Cc1nncn1Cc1ccc(C#N)cc1. The number of hydrogen-bond donors (Lipinski definition) is 0. The zero-order valence-corrected chi connectivity index (χ0v) is 19.6. The van der Waals surface area contributed by atoms with Crippen LogP contribution in [-0.2, 0) is 19.6 Å². The quantitative estimate of drug-likeness (QED) is 0.288. The molecule has 3 aromatic carbocycles. The topological polar surface area (TPSA) is 57.7 Å². The number of halogens is 1. The lowest BCUT2D eigenvalue weighted by Gasteiger charge is -2.27. The molecule has 0 aliphatic rings. The van der Waals surface area contributed by atoms with Crippen LogP contribution in [0.25, 0.3) is 6.08 Å².